The topological polar surface area (TPSA) is 57.8 Å². The van der Waals surface area contributed by atoms with Crippen LogP contribution in [0.15, 0.2) is 42.5 Å². The Labute approximate surface area is 142 Å². The number of rotatable bonds is 6. The maximum absolute atomic E-state index is 12.1. The lowest BCUT2D eigenvalue weighted by molar-refractivity contribution is -0.116. The summed E-state index contributed by atoms with van der Waals surface area (Å²) in [5.74, 6) is 0.907. The first-order chi connectivity index (χ1) is 11.7. The van der Waals surface area contributed by atoms with Gasteiger partial charge in [-0.05, 0) is 37.1 Å². The number of carbonyl (C=O) groups excluding carboxylic acids is 1. The Hall–Kier alpha value is -2.62. The molecule has 0 aliphatic rings. The molecule has 4 nitrogen and oxygen atoms in total. The van der Waals surface area contributed by atoms with E-state index in [4.69, 9.17) is 0 Å². The third-order valence-electron chi connectivity index (χ3n) is 4.26. The van der Waals surface area contributed by atoms with E-state index in [0.29, 0.717) is 6.42 Å². The predicted octanol–water partition coefficient (Wildman–Crippen LogP) is 5.06. The van der Waals surface area contributed by atoms with Gasteiger partial charge < -0.3 is 10.3 Å². The maximum atomic E-state index is 12.1. The Morgan fingerprint density at radius 2 is 1.96 bits per heavy atom. The molecule has 0 spiro atoms. The number of H-pyrrole nitrogens is 1. The van der Waals surface area contributed by atoms with Gasteiger partial charge in [-0.2, -0.15) is 0 Å². The van der Waals surface area contributed by atoms with Crippen LogP contribution in [-0.2, 0) is 4.79 Å². The number of anilines is 1. The second-order valence-corrected chi connectivity index (χ2v) is 6.09. The van der Waals surface area contributed by atoms with Gasteiger partial charge >= 0.3 is 0 Å². The first-order valence-corrected chi connectivity index (χ1v) is 8.53. The number of benzene rings is 2. The van der Waals surface area contributed by atoms with E-state index < -0.39 is 0 Å². The Morgan fingerprint density at radius 3 is 2.75 bits per heavy atom. The maximum Gasteiger partial charge on any atom is 0.224 e. The average Bonchev–Trinajstić information content (AvgIpc) is 3.01. The smallest absolute Gasteiger partial charge is 0.224 e. The first-order valence-electron chi connectivity index (χ1n) is 8.53. The van der Waals surface area contributed by atoms with Crippen LogP contribution >= 0.6 is 0 Å². The van der Waals surface area contributed by atoms with Crippen molar-refractivity contribution in [2.45, 2.75) is 39.5 Å². The minimum Gasteiger partial charge on any atom is -0.338 e. The van der Waals surface area contributed by atoms with Crippen LogP contribution in [0, 0.1) is 6.92 Å². The molecule has 1 heterocycles. The molecular formula is C20H23N3O. The zero-order chi connectivity index (χ0) is 16.9. The molecule has 1 amide bonds. The minimum atomic E-state index is 0.0771. The van der Waals surface area contributed by atoms with Crippen molar-refractivity contribution in [2.75, 3.05) is 5.32 Å². The molecular weight excluding hydrogens is 298 g/mol. The molecule has 0 radical (unpaired) electrons. The molecule has 1 aromatic heterocycles. The van der Waals surface area contributed by atoms with Crippen LogP contribution in [0.5, 0.6) is 0 Å². The molecule has 3 rings (SSSR count). The Morgan fingerprint density at radius 1 is 1.12 bits per heavy atom. The SMILES string of the molecule is CCCCCC(=O)Nc1cccc(-c2nc3ccccc3[nH]2)c1C. The Bertz CT molecular complexity index is 818. The number of imidazole rings is 1. The number of nitrogens with zero attached hydrogens (tertiary/aromatic N) is 1. The van der Waals surface area contributed by atoms with Crippen molar-refractivity contribution in [3.05, 3.63) is 48.0 Å². The summed E-state index contributed by atoms with van der Waals surface area (Å²) in [4.78, 5) is 20.1. The van der Waals surface area contributed by atoms with Crippen LogP contribution < -0.4 is 5.32 Å². The molecule has 2 N–H and O–H groups in total. The standard InChI is InChI=1S/C20H23N3O/c1-3-4-5-13-19(24)21-16-12-8-9-15(14(16)2)20-22-17-10-6-7-11-18(17)23-20/h6-12H,3-5,13H2,1-2H3,(H,21,24)(H,22,23). The number of para-hydroxylation sites is 2. The van der Waals surface area contributed by atoms with Crippen molar-refractivity contribution in [2.24, 2.45) is 0 Å². The van der Waals surface area contributed by atoms with E-state index in [9.17, 15) is 4.79 Å². The number of carbonyl (C=O) groups is 1. The summed E-state index contributed by atoms with van der Waals surface area (Å²) in [6.07, 6.45) is 3.71. The van der Waals surface area contributed by atoms with Crippen LogP contribution in [0.2, 0.25) is 0 Å². The van der Waals surface area contributed by atoms with E-state index in [1.807, 2.05) is 49.4 Å². The summed E-state index contributed by atoms with van der Waals surface area (Å²) in [7, 11) is 0. The van der Waals surface area contributed by atoms with Gasteiger partial charge in [0.1, 0.15) is 5.82 Å². The number of unbranched alkanes of at least 4 members (excludes halogenated alkanes) is 2. The van der Waals surface area contributed by atoms with Crippen molar-refractivity contribution >= 4 is 22.6 Å². The van der Waals surface area contributed by atoms with Crippen LogP contribution in [0.1, 0.15) is 38.2 Å². The van der Waals surface area contributed by atoms with E-state index >= 15 is 0 Å². The molecule has 2 aromatic carbocycles. The molecule has 0 unspecified atom stereocenters. The average molecular weight is 321 g/mol. The lowest BCUT2D eigenvalue weighted by Crippen LogP contribution is -2.12. The van der Waals surface area contributed by atoms with Crippen LogP contribution in [0.4, 0.5) is 5.69 Å². The summed E-state index contributed by atoms with van der Waals surface area (Å²) >= 11 is 0. The largest absolute Gasteiger partial charge is 0.338 e. The Balaban J connectivity index is 1.84. The van der Waals surface area contributed by atoms with E-state index in [1.54, 1.807) is 0 Å². The van der Waals surface area contributed by atoms with Gasteiger partial charge in [0, 0.05) is 17.7 Å². The molecule has 24 heavy (non-hydrogen) atoms. The highest BCUT2D eigenvalue weighted by atomic mass is 16.1. The van der Waals surface area contributed by atoms with Crippen LogP contribution in [0.3, 0.4) is 0 Å². The number of aromatic nitrogens is 2. The second-order valence-electron chi connectivity index (χ2n) is 6.09. The number of aromatic amines is 1. The van der Waals surface area contributed by atoms with E-state index in [-0.39, 0.29) is 5.91 Å². The normalized spacial score (nSPS) is 10.9. The highest BCUT2D eigenvalue weighted by Gasteiger charge is 2.12. The summed E-state index contributed by atoms with van der Waals surface area (Å²) in [6.45, 7) is 4.16. The van der Waals surface area contributed by atoms with Crippen molar-refractivity contribution < 1.29 is 4.79 Å². The fraction of sp³-hybridized carbons (Fsp3) is 0.300. The first kappa shape index (κ1) is 16.2. The highest BCUT2D eigenvalue weighted by molar-refractivity contribution is 5.93. The lowest BCUT2D eigenvalue weighted by atomic mass is 10.1. The summed E-state index contributed by atoms with van der Waals surface area (Å²) in [5, 5.41) is 3.03. The number of fused-ring (bicyclic) bond motifs is 1. The number of amides is 1. The zero-order valence-electron chi connectivity index (χ0n) is 14.2. The molecule has 0 saturated carbocycles. The second kappa shape index (κ2) is 7.30. The minimum absolute atomic E-state index is 0.0771. The van der Waals surface area contributed by atoms with Gasteiger partial charge in [0.2, 0.25) is 5.91 Å². The lowest BCUT2D eigenvalue weighted by Gasteiger charge is -2.11. The van der Waals surface area contributed by atoms with Crippen molar-refractivity contribution in [3.8, 4) is 11.4 Å². The van der Waals surface area contributed by atoms with Crippen molar-refractivity contribution in [1.82, 2.24) is 9.97 Å². The summed E-state index contributed by atoms with van der Waals surface area (Å²) in [6, 6.07) is 13.9. The highest BCUT2D eigenvalue weighted by Crippen LogP contribution is 2.28. The third kappa shape index (κ3) is 3.48. The van der Waals surface area contributed by atoms with Gasteiger partial charge in [0.05, 0.1) is 11.0 Å². The van der Waals surface area contributed by atoms with E-state index in [1.165, 1.54) is 0 Å². The molecule has 0 bridgehead atoms. The number of hydrogen-bond acceptors (Lipinski definition) is 2. The predicted molar refractivity (Wildman–Crippen MR) is 99.0 cm³/mol. The van der Waals surface area contributed by atoms with Gasteiger partial charge in [-0.15, -0.1) is 0 Å². The molecule has 0 aliphatic heterocycles. The summed E-state index contributed by atoms with van der Waals surface area (Å²) in [5.41, 5.74) is 4.86. The molecule has 0 atom stereocenters. The summed E-state index contributed by atoms with van der Waals surface area (Å²) < 4.78 is 0. The van der Waals surface area contributed by atoms with Crippen molar-refractivity contribution in [1.29, 1.82) is 0 Å². The van der Waals surface area contributed by atoms with Crippen LogP contribution in [-0.4, -0.2) is 15.9 Å². The molecule has 3 aromatic rings. The third-order valence-corrected chi connectivity index (χ3v) is 4.26. The molecule has 0 saturated heterocycles. The van der Waals surface area contributed by atoms with Gasteiger partial charge in [-0.25, -0.2) is 4.98 Å². The molecule has 0 fully saturated rings. The zero-order valence-corrected chi connectivity index (χ0v) is 14.2. The van der Waals surface area contributed by atoms with Gasteiger partial charge in [0.15, 0.2) is 0 Å². The van der Waals surface area contributed by atoms with Crippen LogP contribution in [0.25, 0.3) is 22.4 Å². The molecule has 124 valence electrons. The van der Waals surface area contributed by atoms with Gasteiger partial charge in [-0.1, -0.05) is 44.0 Å². The van der Waals surface area contributed by atoms with E-state index in [0.717, 1.165) is 52.9 Å². The quantitative estimate of drug-likeness (QED) is 0.624. The fourth-order valence-electron chi connectivity index (χ4n) is 2.86. The van der Waals surface area contributed by atoms with Crippen molar-refractivity contribution in [3.63, 3.8) is 0 Å². The van der Waals surface area contributed by atoms with E-state index in [2.05, 4.69) is 22.2 Å². The number of nitrogens with one attached hydrogen (secondary N) is 2. The number of hydrogen-bond donors (Lipinski definition) is 2. The monoisotopic (exact) mass is 321 g/mol. The molecule has 4 heteroatoms. The molecule has 0 aliphatic carbocycles. The fourth-order valence-corrected chi connectivity index (χ4v) is 2.86. The van der Waals surface area contributed by atoms with Gasteiger partial charge in [-0.3, -0.25) is 4.79 Å². The van der Waals surface area contributed by atoms with Gasteiger partial charge in [0.25, 0.3) is 0 Å². The Kier molecular flexibility index (Phi) is 4.94.